The van der Waals surface area contributed by atoms with Crippen LogP contribution in [0.2, 0.25) is 0 Å². The van der Waals surface area contributed by atoms with Gasteiger partial charge in [0.15, 0.2) is 0 Å². The molecule has 2 aromatic carbocycles. The molecule has 0 aliphatic rings. The first-order chi connectivity index (χ1) is 9.19. The highest BCUT2D eigenvalue weighted by molar-refractivity contribution is 5.27. The van der Waals surface area contributed by atoms with Crippen LogP contribution in [0, 0.1) is 5.82 Å². The minimum absolute atomic E-state index is 0.0669. The van der Waals surface area contributed by atoms with Gasteiger partial charge in [0.05, 0.1) is 7.11 Å². The van der Waals surface area contributed by atoms with Crippen molar-refractivity contribution in [1.82, 2.24) is 0 Å². The molecular weight excluding hydrogens is 241 g/mol. The SMILES string of the molecule is COc1ccc(CCC(N)c2ccc(F)cc2)cc1. The highest BCUT2D eigenvalue weighted by Crippen LogP contribution is 2.18. The number of aryl methyl sites for hydroxylation is 1. The summed E-state index contributed by atoms with van der Waals surface area (Å²) in [6.45, 7) is 0. The summed E-state index contributed by atoms with van der Waals surface area (Å²) in [6, 6.07) is 14.3. The highest BCUT2D eigenvalue weighted by Gasteiger charge is 2.06. The number of rotatable bonds is 5. The standard InChI is InChI=1S/C16H18FNO/c1-19-15-9-2-12(3-10-15)4-11-16(18)13-5-7-14(17)8-6-13/h2-3,5-10,16H,4,11,18H2,1H3. The van der Waals surface area contributed by atoms with Crippen molar-refractivity contribution in [3.63, 3.8) is 0 Å². The van der Waals surface area contributed by atoms with Crippen molar-refractivity contribution in [2.75, 3.05) is 7.11 Å². The van der Waals surface area contributed by atoms with E-state index < -0.39 is 0 Å². The van der Waals surface area contributed by atoms with Crippen molar-refractivity contribution < 1.29 is 9.13 Å². The molecule has 1 atom stereocenters. The molecule has 0 aliphatic carbocycles. The summed E-state index contributed by atoms with van der Waals surface area (Å²) in [6.07, 6.45) is 1.72. The number of hydrogen-bond acceptors (Lipinski definition) is 2. The van der Waals surface area contributed by atoms with E-state index in [4.69, 9.17) is 10.5 Å². The monoisotopic (exact) mass is 259 g/mol. The zero-order chi connectivity index (χ0) is 13.7. The van der Waals surface area contributed by atoms with Crippen LogP contribution in [0.4, 0.5) is 4.39 Å². The smallest absolute Gasteiger partial charge is 0.123 e. The Morgan fingerprint density at radius 1 is 1.05 bits per heavy atom. The molecule has 19 heavy (non-hydrogen) atoms. The van der Waals surface area contributed by atoms with Gasteiger partial charge in [-0.1, -0.05) is 24.3 Å². The summed E-state index contributed by atoms with van der Waals surface area (Å²) in [7, 11) is 1.65. The fourth-order valence-electron chi connectivity index (χ4n) is 1.99. The lowest BCUT2D eigenvalue weighted by Crippen LogP contribution is -2.11. The minimum Gasteiger partial charge on any atom is -0.497 e. The molecule has 0 aromatic heterocycles. The van der Waals surface area contributed by atoms with Gasteiger partial charge in [-0.3, -0.25) is 0 Å². The number of ether oxygens (including phenoxy) is 1. The van der Waals surface area contributed by atoms with E-state index in [0.717, 1.165) is 24.2 Å². The van der Waals surface area contributed by atoms with Crippen molar-refractivity contribution in [2.24, 2.45) is 5.73 Å². The number of hydrogen-bond donors (Lipinski definition) is 1. The average Bonchev–Trinajstić information content (AvgIpc) is 2.46. The number of halogens is 1. The van der Waals surface area contributed by atoms with E-state index >= 15 is 0 Å². The van der Waals surface area contributed by atoms with E-state index in [-0.39, 0.29) is 11.9 Å². The Hall–Kier alpha value is -1.87. The van der Waals surface area contributed by atoms with Crippen LogP contribution < -0.4 is 10.5 Å². The van der Waals surface area contributed by atoms with Crippen molar-refractivity contribution in [1.29, 1.82) is 0 Å². The van der Waals surface area contributed by atoms with Crippen molar-refractivity contribution in [3.05, 3.63) is 65.5 Å². The molecule has 3 heteroatoms. The lowest BCUT2D eigenvalue weighted by Gasteiger charge is -2.12. The second-order valence-corrected chi connectivity index (χ2v) is 4.54. The van der Waals surface area contributed by atoms with E-state index in [0.29, 0.717) is 0 Å². The maximum atomic E-state index is 12.8. The van der Waals surface area contributed by atoms with E-state index in [1.807, 2.05) is 24.3 Å². The van der Waals surface area contributed by atoms with Crippen LogP contribution in [0.25, 0.3) is 0 Å². The van der Waals surface area contributed by atoms with Gasteiger partial charge in [-0.15, -0.1) is 0 Å². The van der Waals surface area contributed by atoms with Gasteiger partial charge in [0.25, 0.3) is 0 Å². The Balaban J connectivity index is 1.92. The topological polar surface area (TPSA) is 35.2 Å². The fraction of sp³-hybridized carbons (Fsp3) is 0.250. The van der Waals surface area contributed by atoms with Crippen LogP contribution in [-0.4, -0.2) is 7.11 Å². The zero-order valence-electron chi connectivity index (χ0n) is 11.0. The first kappa shape index (κ1) is 13.6. The molecule has 2 rings (SSSR count). The van der Waals surface area contributed by atoms with Crippen LogP contribution in [-0.2, 0) is 6.42 Å². The van der Waals surface area contributed by atoms with Gasteiger partial charge in [-0.05, 0) is 48.2 Å². The van der Waals surface area contributed by atoms with Crippen LogP contribution >= 0.6 is 0 Å². The summed E-state index contributed by atoms with van der Waals surface area (Å²) in [4.78, 5) is 0. The summed E-state index contributed by atoms with van der Waals surface area (Å²) in [5.74, 6) is 0.623. The summed E-state index contributed by atoms with van der Waals surface area (Å²) in [5.41, 5.74) is 8.29. The predicted molar refractivity (Wildman–Crippen MR) is 74.6 cm³/mol. The molecule has 0 amide bonds. The number of methoxy groups -OCH3 is 1. The van der Waals surface area contributed by atoms with Crippen molar-refractivity contribution in [2.45, 2.75) is 18.9 Å². The van der Waals surface area contributed by atoms with Crippen LogP contribution in [0.15, 0.2) is 48.5 Å². The van der Waals surface area contributed by atoms with Gasteiger partial charge >= 0.3 is 0 Å². The molecule has 2 nitrogen and oxygen atoms in total. The van der Waals surface area contributed by atoms with E-state index in [1.165, 1.54) is 17.7 Å². The third-order valence-corrected chi connectivity index (χ3v) is 3.20. The molecule has 0 heterocycles. The summed E-state index contributed by atoms with van der Waals surface area (Å²) < 4.78 is 17.9. The zero-order valence-corrected chi connectivity index (χ0v) is 11.0. The lowest BCUT2D eigenvalue weighted by atomic mass is 10.00. The second kappa shape index (κ2) is 6.34. The molecule has 1 unspecified atom stereocenters. The van der Waals surface area contributed by atoms with Crippen molar-refractivity contribution in [3.8, 4) is 5.75 Å². The van der Waals surface area contributed by atoms with Crippen LogP contribution in [0.3, 0.4) is 0 Å². The van der Waals surface area contributed by atoms with Gasteiger partial charge < -0.3 is 10.5 Å². The van der Waals surface area contributed by atoms with E-state index in [1.54, 1.807) is 19.2 Å². The molecule has 0 fully saturated rings. The molecule has 0 bridgehead atoms. The molecular formula is C16H18FNO. The summed E-state index contributed by atoms with van der Waals surface area (Å²) in [5, 5.41) is 0. The average molecular weight is 259 g/mol. The van der Waals surface area contributed by atoms with Crippen LogP contribution in [0.1, 0.15) is 23.6 Å². The maximum absolute atomic E-state index is 12.8. The largest absolute Gasteiger partial charge is 0.497 e. The maximum Gasteiger partial charge on any atom is 0.123 e. The highest BCUT2D eigenvalue weighted by atomic mass is 19.1. The Morgan fingerprint density at radius 2 is 1.68 bits per heavy atom. The third-order valence-electron chi connectivity index (χ3n) is 3.20. The minimum atomic E-state index is -0.230. The Bertz CT molecular complexity index is 507. The predicted octanol–water partition coefficient (Wildman–Crippen LogP) is 3.47. The van der Waals surface area contributed by atoms with Gasteiger partial charge in [0.2, 0.25) is 0 Å². The molecule has 0 radical (unpaired) electrons. The normalized spacial score (nSPS) is 12.2. The number of nitrogens with two attached hydrogens (primary N) is 1. The van der Waals surface area contributed by atoms with Gasteiger partial charge in [0.1, 0.15) is 11.6 Å². The molecule has 0 spiro atoms. The summed E-state index contributed by atoms with van der Waals surface area (Å²) >= 11 is 0. The van der Waals surface area contributed by atoms with E-state index in [2.05, 4.69) is 0 Å². The Morgan fingerprint density at radius 3 is 2.26 bits per heavy atom. The molecule has 0 saturated heterocycles. The van der Waals surface area contributed by atoms with Gasteiger partial charge in [-0.2, -0.15) is 0 Å². The molecule has 0 aliphatic heterocycles. The molecule has 0 saturated carbocycles. The Kier molecular flexibility index (Phi) is 4.53. The fourth-order valence-corrected chi connectivity index (χ4v) is 1.99. The molecule has 2 aromatic rings. The van der Waals surface area contributed by atoms with Crippen LogP contribution in [0.5, 0.6) is 5.75 Å². The molecule has 100 valence electrons. The second-order valence-electron chi connectivity index (χ2n) is 4.54. The lowest BCUT2D eigenvalue weighted by molar-refractivity contribution is 0.414. The third kappa shape index (κ3) is 3.80. The number of benzene rings is 2. The van der Waals surface area contributed by atoms with Crippen molar-refractivity contribution >= 4 is 0 Å². The Labute approximate surface area is 113 Å². The first-order valence-electron chi connectivity index (χ1n) is 6.33. The van der Waals surface area contributed by atoms with Gasteiger partial charge in [0, 0.05) is 6.04 Å². The molecule has 2 N–H and O–H groups in total. The quantitative estimate of drug-likeness (QED) is 0.892. The van der Waals surface area contributed by atoms with Gasteiger partial charge in [-0.25, -0.2) is 4.39 Å². The van der Waals surface area contributed by atoms with E-state index in [9.17, 15) is 4.39 Å². The first-order valence-corrected chi connectivity index (χ1v) is 6.33.